The summed E-state index contributed by atoms with van der Waals surface area (Å²) in [5.41, 5.74) is 0.592. The van der Waals surface area contributed by atoms with Crippen LogP contribution in [0.1, 0.15) is 43.6 Å². The Morgan fingerprint density at radius 3 is 2.58 bits per heavy atom. The fourth-order valence-electron chi connectivity index (χ4n) is 2.63. The number of nitrogens with one attached hydrogen (secondary N) is 1. The van der Waals surface area contributed by atoms with Gasteiger partial charge in [0.1, 0.15) is 16.1 Å². The van der Waals surface area contributed by atoms with Gasteiger partial charge in [0.25, 0.3) is 0 Å². The molecule has 1 aromatic rings. The number of ether oxygens (including phenoxy) is 2. The van der Waals surface area contributed by atoms with Crippen LogP contribution in [0.3, 0.4) is 0 Å². The highest BCUT2D eigenvalue weighted by Crippen LogP contribution is 2.38. The topological polar surface area (TPSA) is 47.1 Å². The summed E-state index contributed by atoms with van der Waals surface area (Å²) in [6.45, 7) is 0.472. The van der Waals surface area contributed by atoms with Crippen LogP contribution in [0.25, 0.3) is 0 Å². The number of halogens is 1. The zero-order chi connectivity index (χ0) is 13.9. The number of methoxy groups -OCH3 is 2. The summed E-state index contributed by atoms with van der Waals surface area (Å²) in [5, 5.41) is 0. The lowest BCUT2D eigenvalue weighted by Gasteiger charge is -2.35. The highest BCUT2D eigenvalue weighted by molar-refractivity contribution is 9.10. The summed E-state index contributed by atoms with van der Waals surface area (Å²) >= 11 is 8.78. The molecule has 19 heavy (non-hydrogen) atoms. The van der Waals surface area contributed by atoms with E-state index in [2.05, 4.69) is 25.9 Å². The van der Waals surface area contributed by atoms with Gasteiger partial charge in [0.2, 0.25) is 0 Å². The van der Waals surface area contributed by atoms with Crippen molar-refractivity contribution in [1.82, 2.24) is 9.97 Å². The summed E-state index contributed by atoms with van der Waals surface area (Å²) in [7, 11) is 3.41. The zero-order valence-electron chi connectivity index (χ0n) is 11.3. The van der Waals surface area contributed by atoms with Crippen molar-refractivity contribution in [3.05, 3.63) is 20.6 Å². The van der Waals surface area contributed by atoms with Gasteiger partial charge in [-0.1, -0.05) is 31.5 Å². The maximum atomic E-state index is 5.80. The van der Waals surface area contributed by atoms with Crippen molar-refractivity contribution < 1.29 is 9.47 Å². The largest absolute Gasteiger partial charge is 0.378 e. The lowest BCUT2D eigenvalue weighted by molar-refractivity contribution is -0.0519. The molecule has 1 aromatic heterocycles. The Balaban J connectivity index is 2.45. The van der Waals surface area contributed by atoms with E-state index in [1.807, 2.05) is 0 Å². The Hall–Kier alpha value is -0.300. The molecule has 1 N–H and O–H groups in total. The third-order valence-electron chi connectivity index (χ3n) is 3.71. The molecule has 1 aliphatic rings. The lowest BCUT2D eigenvalue weighted by Crippen LogP contribution is -2.33. The van der Waals surface area contributed by atoms with Crippen molar-refractivity contribution in [3.63, 3.8) is 0 Å². The van der Waals surface area contributed by atoms with Crippen molar-refractivity contribution in [3.8, 4) is 0 Å². The molecule has 0 saturated heterocycles. The van der Waals surface area contributed by atoms with Crippen LogP contribution < -0.4 is 0 Å². The quantitative estimate of drug-likeness (QED) is 0.841. The standard InChI is InChI=1S/C13H19BrN2O2S/c1-17-8-9-10(14)11(19)16-12(15-9)13(18-2)6-4-3-5-7-13/h3-8H2,1-2H3,(H,15,16,19). The van der Waals surface area contributed by atoms with Gasteiger partial charge in [0.15, 0.2) is 0 Å². The molecule has 0 bridgehead atoms. The summed E-state index contributed by atoms with van der Waals surface area (Å²) in [4.78, 5) is 7.86. The molecule has 0 spiro atoms. The van der Waals surface area contributed by atoms with E-state index in [1.54, 1.807) is 14.2 Å². The van der Waals surface area contributed by atoms with Crippen molar-refractivity contribution in [2.45, 2.75) is 44.3 Å². The number of H-pyrrole nitrogens is 1. The van der Waals surface area contributed by atoms with Gasteiger partial charge in [-0.05, 0) is 28.8 Å². The van der Waals surface area contributed by atoms with Gasteiger partial charge in [-0.15, -0.1) is 0 Å². The number of aromatic nitrogens is 2. The maximum Gasteiger partial charge on any atom is 0.144 e. The number of hydrogen-bond acceptors (Lipinski definition) is 4. The van der Waals surface area contributed by atoms with E-state index in [4.69, 9.17) is 21.7 Å². The molecule has 106 valence electrons. The predicted molar refractivity (Wildman–Crippen MR) is 79.6 cm³/mol. The Labute approximate surface area is 127 Å². The monoisotopic (exact) mass is 346 g/mol. The summed E-state index contributed by atoms with van der Waals surface area (Å²) < 4.78 is 12.4. The molecule has 1 fully saturated rings. The van der Waals surface area contributed by atoms with Crippen LogP contribution in [-0.4, -0.2) is 24.2 Å². The molecule has 1 aliphatic carbocycles. The third kappa shape index (κ3) is 3.07. The average Bonchev–Trinajstić information content (AvgIpc) is 2.44. The Kier molecular flexibility index (Phi) is 5.11. The molecule has 0 unspecified atom stereocenters. The van der Waals surface area contributed by atoms with Crippen LogP contribution in [0.5, 0.6) is 0 Å². The highest BCUT2D eigenvalue weighted by atomic mass is 79.9. The van der Waals surface area contributed by atoms with Crippen LogP contribution in [0, 0.1) is 4.64 Å². The molecule has 1 saturated carbocycles. The predicted octanol–water partition coefficient (Wildman–Crippen LogP) is 3.85. The van der Waals surface area contributed by atoms with Crippen LogP contribution in [0.4, 0.5) is 0 Å². The van der Waals surface area contributed by atoms with Gasteiger partial charge < -0.3 is 14.5 Å². The van der Waals surface area contributed by atoms with E-state index in [1.165, 1.54) is 6.42 Å². The van der Waals surface area contributed by atoms with E-state index < -0.39 is 0 Å². The number of rotatable bonds is 4. The van der Waals surface area contributed by atoms with Gasteiger partial charge >= 0.3 is 0 Å². The van der Waals surface area contributed by atoms with Crippen molar-refractivity contribution in [2.24, 2.45) is 0 Å². The van der Waals surface area contributed by atoms with Crippen LogP contribution >= 0.6 is 28.1 Å². The molecule has 4 nitrogen and oxygen atoms in total. The van der Waals surface area contributed by atoms with Gasteiger partial charge in [-0.2, -0.15) is 0 Å². The summed E-state index contributed by atoms with van der Waals surface area (Å²) in [6.07, 6.45) is 5.54. The van der Waals surface area contributed by atoms with E-state index in [0.29, 0.717) is 11.2 Å². The molecule has 6 heteroatoms. The van der Waals surface area contributed by atoms with Crippen molar-refractivity contribution >= 4 is 28.1 Å². The second kappa shape index (κ2) is 6.43. The van der Waals surface area contributed by atoms with Gasteiger partial charge in [-0.25, -0.2) is 4.98 Å². The van der Waals surface area contributed by atoms with Crippen LogP contribution in [0.15, 0.2) is 4.47 Å². The van der Waals surface area contributed by atoms with E-state index in [0.717, 1.165) is 41.7 Å². The normalized spacial score (nSPS) is 18.5. The highest BCUT2D eigenvalue weighted by Gasteiger charge is 2.36. The SMILES string of the molecule is COCc1[nH]c(C2(OC)CCCCC2)nc(=S)c1Br. The number of nitrogens with zero attached hydrogens (tertiary/aromatic N) is 1. The second-order valence-corrected chi connectivity index (χ2v) is 6.05. The van der Waals surface area contributed by atoms with E-state index in [9.17, 15) is 0 Å². The van der Waals surface area contributed by atoms with E-state index in [-0.39, 0.29) is 5.60 Å². The molecular formula is C13H19BrN2O2S. The molecule has 0 atom stereocenters. The first-order valence-electron chi connectivity index (χ1n) is 6.46. The lowest BCUT2D eigenvalue weighted by atomic mass is 9.84. The van der Waals surface area contributed by atoms with E-state index >= 15 is 0 Å². The maximum absolute atomic E-state index is 5.80. The average molecular weight is 347 g/mol. The third-order valence-corrected chi connectivity index (χ3v) is 5.12. The van der Waals surface area contributed by atoms with Gasteiger partial charge in [0.05, 0.1) is 16.8 Å². The first kappa shape index (κ1) is 15.1. The minimum atomic E-state index is -0.324. The first-order chi connectivity index (χ1) is 9.13. The minimum Gasteiger partial charge on any atom is -0.378 e. The molecule has 0 aliphatic heterocycles. The molecule has 0 aromatic carbocycles. The molecule has 2 rings (SSSR count). The zero-order valence-corrected chi connectivity index (χ0v) is 13.7. The van der Waals surface area contributed by atoms with Crippen molar-refractivity contribution in [2.75, 3.05) is 14.2 Å². The van der Waals surface area contributed by atoms with Crippen LogP contribution in [0.2, 0.25) is 0 Å². The van der Waals surface area contributed by atoms with Gasteiger partial charge in [-0.3, -0.25) is 0 Å². The fourth-order valence-corrected chi connectivity index (χ4v) is 3.14. The molecule has 0 amide bonds. The Bertz CT molecular complexity index is 498. The Morgan fingerprint density at radius 2 is 2.00 bits per heavy atom. The fraction of sp³-hybridized carbons (Fsp3) is 0.692. The smallest absolute Gasteiger partial charge is 0.144 e. The first-order valence-corrected chi connectivity index (χ1v) is 7.66. The molecule has 0 radical (unpaired) electrons. The van der Waals surface area contributed by atoms with Crippen LogP contribution in [-0.2, 0) is 21.7 Å². The van der Waals surface area contributed by atoms with Gasteiger partial charge in [0, 0.05) is 14.2 Å². The second-order valence-electron chi connectivity index (χ2n) is 4.88. The minimum absolute atomic E-state index is 0.324. The Morgan fingerprint density at radius 1 is 1.32 bits per heavy atom. The summed E-state index contributed by atoms with van der Waals surface area (Å²) in [5.74, 6) is 0.829. The molecule has 1 heterocycles. The molecular weight excluding hydrogens is 328 g/mol. The van der Waals surface area contributed by atoms with Crippen molar-refractivity contribution in [1.29, 1.82) is 0 Å². The number of hydrogen-bond donors (Lipinski definition) is 1. The summed E-state index contributed by atoms with van der Waals surface area (Å²) in [6, 6.07) is 0. The number of aromatic amines is 1.